The Kier molecular flexibility index (Phi) is 4.77. The third-order valence-corrected chi connectivity index (χ3v) is 5.63. The zero-order chi connectivity index (χ0) is 20.6. The third kappa shape index (κ3) is 2.95. The second-order valence-electron chi connectivity index (χ2n) is 5.76. The van der Waals surface area contributed by atoms with Crippen molar-refractivity contribution in [3.05, 3.63) is 57.5 Å². The maximum absolute atomic E-state index is 12.9. The van der Waals surface area contributed by atoms with E-state index in [0.29, 0.717) is 4.09 Å². The van der Waals surface area contributed by atoms with Gasteiger partial charge < -0.3 is 14.5 Å². The number of fused-ring (bicyclic) bond motifs is 1. The number of hydrogen-bond acceptors (Lipinski definition) is 8. The van der Waals surface area contributed by atoms with Crippen molar-refractivity contribution in [2.45, 2.75) is 11.8 Å². The van der Waals surface area contributed by atoms with E-state index in [0.717, 1.165) is 26.0 Å². The molecule has 10 nitrogen and oxygen atoms in total. The van der Waals surface area contributed by atoms with Crippen molar-refractivity contribution in [2.24, 2.45) is 0 Å². The molecule has 1 N–H and O–H groups in total. The minimum absolute atomic E-state index is 0.0689. The SMILES string of the molecule is COC(=O)c1[nH]c2c(cnn2S(=O)(=O)c2ccc(C)cc2)c(=O)c1C(=O)OC. The van der Waals surface area contributed by atoms with Gasteiger partial charge in [-0.25, -0.2) is 9.59 Å². The van der Waals surface area contributed by atoms with Gasteiger partial charge in [0.1, 0.15) is 11.3 Å². The van der Waals surface area contributed by atoms with E-state index in [-0.39, 0.29) is 15.9 Å². The van der Waals surface area contributed by atoms with Crippen molar-refractivity contribution < 1.29 is 27.5 Å². The minimum atomic E-state index is -4.18. The number of esters is 2. The van der Waals surface area contributed by atoms with Gasteiger partial charge in [-0.3, -0.25) is 4.79 Å². The van der Waals surface area contributed by atoms with Crippen LogP contribution in [0.4, 0.5) is 0 Å². The summed E-state index contributed by atoms with van der Waals surface area (Å²) in [6.07, 6.45) is 0.993. The summed E-state index contributed by atoms with van der Waals surface area (Å²) in [5.41, 5.74) is -1.47. The fourth-order valence-electron chi connectivity index (χ4n) is 2.59. The number of ether oxygens (including phenoxy) is 2. The number of benzene rings is 1. The molecule has 2 aromatic heterocycles. The molecule has 0 saturated carbocycles. The summed E-state index contributed by atoms with van der Waals surface area (Å²) in [5.74, 6) is -2.11. The van der Waals surface area contributed by atoms with Gasteiger partial charge in [-0.15, -0.1) is 4.09 Å². The van der Waals surface area contributed by atoms with Crippen LogP contribution in [0.5, 0.6) is 0 Å². The van der Waals surface area contributed by atoms with Crippen LogP contribution in [0.25, 0.3) is 11.0 Å². The molecule has 0 fully saturated rings. The largest absolute Gasteiger partial charge is 0.465 e. The van der Waals surface area contributed by atoms with Crippen LogP contribution in [0.3, 0.4) is 0 Å². The number of nitrogens with one attached hydrogen (secondary N) is 1. The van der Waals surface area contributed by atoms with Crippen molar-refractivity contribution in [3.63, 3.8) is 0 Å². The topological polar surface area (TPSA) is 137 Å². The van der Waals surface area contributed by atoms with Crippen LogP contribution in [0.1, 0.15) is 26.4 Å². The second-order valence-corrected chi connectivity index (χ2v) is 7.52. The lowest BCUT2D eigenvalue weighted by Gasteiger charge is -2.09. The van der Waals surface area contributed by atoms with E-state index >= 15 is 0 Å². The van der Waals surface area contributed by atoms with Gasteiger partial charge in [-0.05, 0) is 19.1 Å². The molecule has 2 heterocycles. The highest BCUT2D eigenvalue weighted by Gasteiger charge is 2.29. The first-order chi connectivity index (χ1) is 13.2. The quantitative estimate of drug-likeness (QED) is 0.631. The zero-order valence-electron chi connectivity index (χ0n) is 15.0. The Morgan fingerprint density at radius 3 is 2.25 bits per heavy atom. The Balaban J connectivity index is 2.35. The normalized spacial score (nSPS) is 11.4. The Morgan fingerprint density at radius 1 is 1.07 bits per heavy atom. The fraction of sp³-hybridized carbons (Fsp3) is 0.176. The van der Waals surface area contributed by atoms with E-state index in [2.05, 4.69) is 19.6 Å². The Bertz CT molecular complexity index is 1250. The summed E-state index contributed by atoms with van der Waals surface area (Å²) < 4.78 is 35.6. The number of methoxy groups -OCH3 is 2. The van der Waals surface area contributed by atoms with E-state index in [4.69, 9.17) is 0 Å². The summed E-state index contributed by atoms with van der Waals surface area (Å²) in [7, 11) is -2.09. The number of pyridine rings is 1. The predicted octanol–water partition coefficient (Wildman–Crippen LogP) is 0.843. The molecule has 0 saturated heterocycles. The Labute approximate surface area is 158 Å². The maximum Gasteiger partial charge on any atom is 0.355 e. The number of aromatic nitrogens is 3. The summed E-state index contributed by atoms with van der Waals surface area (Å²) >= 11 is 0. The summed E-state index contributed by atoms with van der Waals surface area (Å²) in [6.45, 7) is 1.80. The lowest BCUT2D eigenvalue weighted by atomic mass is 10.1. The predicted molar refractivity (Wildman–Crippen MR) is 96.8 cm³/mol. The van der Waals surface area contributed by atoms with Gasteiger partial charge in [0.15, 0.2) is 5.65 Å². The van der Waals surface area contributed by atoms with Gasteiger partial charge in [0.2, 0.25) is 5.43 Å². The molecule has 0 aliphatic rings. The monoisotopic (exact) mass is 405 g/mol. The van der Waals surface area contributed by atoms with Crippen LogP contribution in [-0.2, 0) is 19.5 Å². The molecule has 0 radical (unpaired) electrons. The molecule has 28 heavy (non-hydrogen) atoms. The molecule has 1 aromatic carbocycles. The van der Waals surface area contributed by atoms with Gasteiger partial charge >= 0.3 is 11.9 Å². The molecule has 3 rings (SSSR count). The van der Waals surface area contributed by atoms with Gasteiger partial charge in [0.05, 0.1) is 30.7 Å². The summed E-state index contributed by atoms with van der Waals surface area (Å²) in [4.78, 5) is 39.2. The van der Waals surface area contributed by atoms with Crippen molar-refractivity contribution in [1.82, 2.24) is 14.2 Å². The van der Waals surface area contributed by atoms with Crippen LogP contribution in [0.15, 0.2) is 40.2 Å². The van der Waals surface area contributed by atoms with Gasteiger partial charge in [0.25, 0.3) is 10.0 Å². The number of rotatable bonds is 4. The minimum Gasteiger partial charge on any atom is -0.465 e. The van der Waals surface area contributed by atoms with Crippen molar-refractivity contribution in [1.29, 1.82) is 0 Å². The molecule has 0 bridgehead atoms. The van der Waals surface area contributed by atoms with Crippen LogP contribution >= 0.6 is 0 Å². The number of nitrogens with zero attached hydrogens (tertiary/aromatic N) is 2. The number of aryl methyl sites for hydroxylation is 1. The maximum atomic E-state index is 12.9. The van der Waals surface area contributed by atoms with E-state index in [1.165, 1.54) is 12.1 Å². The van der Waals surface area contributed by atoms with Crippen LogP contribution in [0.2, 0.25) is 0 Å². The summed E-state index contributed by atoms with van der Waals surface area (Å²) in [5, 5.41) is 3.57. The van der Waals surface area contributed by atoms with Crippen LogP contribution in [-0.4, -0.2) is 48.7 Å². The number of aromatic amines is 1. The molecule has 3 aromatic rings. The first-order valence-corrected chi connectivity index (χ1v) is 9.29. The summed E-state index contributed by atoms with van der Waals surface area (Å²) in [6, 6.07) is 5.99. The molecular weight excluding hydrogens is 390 g/mol. The number of H-pyrrole nitrogens is 1. The van der Waals surface area contributed by atoms with Crippen LogP contribution < -0.4 is 5.43 Å². The fourth-order valence-corrected chi connectivity index (χ4v) is 3.82. The van der Waals surface area contributed by atoms with Crippen molar-refractivity contribution >= 4 is 33.0 Å². The van der Waals surface area contributed by atoms with Crippen molar-refractivity contribution in [3.8, 4) is 0 Å². The van der Waals surface area contributed by atoms with Crippen molar-refractivity contribution in [2.75, 3.05) is 14.2 Å². The van der Waals surface area contributed by atoms with Gasteiger partial charge in [-0.1, -0.05) is 17.7 Å². The van der Waals surface area contributed by atoms with Gasteiger partial charge in [0, 0.05) is 0 Å². The molecule has 0 aliphatic carbocycles. The number of carbonyl (C=O) groups is 2. The number of carbonyl (C=O) groups excluding carboxylic acids is 2. The van der Waals surface area contributed by atoms with E-state index in [9.17, 15) is 22.8 Å². The van der Waals surface area contributed by atoms with E-state index < -0.39 is 38.6 Å². The lowest BCUT2D eigenvalue weighted by Crippen LogP contribution is -2.25. The van der Waals surface area contributed by atoms with E-state index in [1.807, 2.05) is 0 Å². The highest BCUT2D eigenvalue weighted by Crippen LogP contribution is 2.20. The highest BCUT2D eigenvalue weighted by molar-refractivity contribution is 7.90. The zero-order valence-corrected chi connectivity index (χ0v) is 15.9. The van der Waals surface area contributed by atoms with Gasteiger partial charge in [-0.2, -0.15) is 13.5 Å². The average molecular weight is 405 g/mol. The standard InChI is InChI=1S/C17H15N3O7S/c1-9-4-6-10(7-5-9)28(24,25)20-15-11(8-18-20)14(21)12(16(22)26-2)13(19-15)17(23)27-3/h4-8H,1-3H3,(H,19,21). The second kappa shape index (κ2) is 6.93. The Morgan fingerprint density at radius 2 is 1.68 bits per heavy atom. The molecule has 146 valence electrons. The Hall–Kier alpha value is -3.47. The molecule has 0 spiro atoms. The third-order valence-electron chi connectivity index (χ3n) is 4.03. The number of hydrogen-bond donors (Lipinski definition) is 1. The smallest absolute Gasteiger partial charge is 0.355 e. The molecule has 0 atom stereocenters. The average Bonchev–Trinajstić information content (AvgIpc) is 3.12. The first-order valence-electron chi connectivity index (χ1n) is 7.85. The molecular formula is C17H15N3O7S. The molecule has 0 aliphatic heterocycles. The first kappa shape index (κ1) is 19.3. The lowest BCUT2D eigenvalue weighted by molar-refractivity contribution is 0.0549. The van der Waals surface area contributed by atoms with Crippen LogP contribution in [0, 0.1) is 6.92 Å². The molecule has 0 amide bonds. The highest BCUT2D eigenvalue weighted by atomic mass is 32.2. The molecule has 0 unspecified atom stereocenters. The molecule has 11 heteroatoms. The van der Waals surface area contributed by atoms with E-state index in [1.54, 1.807) is 19.1 Å².